The van der Waals surface area contributed by atoms with Crippen LogP contribution in [0.5, 0.6) is 5.75 Å². The zero-order valence-corrected chi connectivity index (χ0v) is 12.5. The average molecular weight is 283 g/mol. The van der Waals surface area contributed by atoms with Crippen molar-refractivity contribution in [1.82, 2.24) is 4.31 Å². The summed E-state index contributed by atoms with van der Waals surface area (Å²) in [6, 6.07) is 5.33. The van der Waals surface area contributed by atoms with Crippen LogP contribution in [0.1, 0.15) is 31.7 Å². The minimum atomic E-state index is -3.47. The third-order valence-electron chi connectivity index (χ3n) is 3.65. The highest BCUT2D eigenvalue weighted by Gasteiger charge is 2.32. The molecule has 4 nitrogen and oxygen atoms in total. The van der Waals surface area contributed by atoms with Gasteiger partial charge in [-0.05, 0) is 44.4 Å². The first-order chi connectivity index (χ1) is 8.96. The molecule has 106 valence electrons. The van der Waals surface area contributed by atoms with Gasteiger partial charge in [-0.15, -0.1) is 0 Å². The van der Waals surface area contributed by atoms with E-state index >= 15 is 0 Å². The molecule has 1 aliphatic heterocycles. The van der Waals surface area contributed by atoms with Gasteiger partial charge in [0.25, 0.3) is 0 Å². The number of nitrogens with zero attached hydrogens (tertiary/aromatic N) is 1. The second-order valence-corrected chi connectivity index (χ2v) is 6.97. The van der Waals surface area contributed by atoms with Crippen LogP contribution in [0.15, 0.2) is 23.1 Å². The van der Waals surface area contributed by atoms with Crippen LogP contribution >= 0.6 is 0 Å². The standard InChI is InChI=1S/C14H21NO3S/c1-11-7-8-13(18-3)14(10-11)19(16,17)15-9-5-4-6-12(15)2/h7-8,10,12H,4-6,9H2,1-3H3. The first-order valence-corrected chi connectivity index (χ1v) is 8.07. The molecule has 5 heteroatoms. The highest BCUT2D eigenvalue weighted by Crippen LogP contribution is 2.31. The van der Waals surface area contributed by atoms with Crippen LogP contribution in [-0.4, -0.2) is 32.4 Å². The van der Waals surface area contributed by atoms with E-state index in [2.05, 4.69) is 0 Å². The molecule has 0 aromatic heterocycles. The number of hydrogen-bond donors (Lipinski definition) is 0. The van der Waals surface area contributed by atoms with Crippen molar-refractivity contribution in [2.75, 3.05) is 13.7 Å². The number of rotatable bonds is 3. The molecule has 0 radical (unpaired) electrons. The van der Waals surface area contributed by atoms with Crippen molar-refractivity contribution in [3.63, 3.8) is 0 Å². The summed E-state index contributed by atoms with van der Waals surface area (Å²) < 4.78 is 32.4. The largest absolute Gasteiger partial charge is 0.495 e. The van der Waals surface area contributed by atoms with E-state index < -0.39 is 10.0 Å². The number of hydrogen-bond acceptors (Lipinski definition) is 3. The molecule has 1 unspecified atom stereocenters. The molecule has 0 aliphatic carbocycles. The van der Waals surface area contributed by atoms with Gasteiger partial charge in [-0.25, -0.2) is 8.42 Å². The van der Waals surface area contributed by atoms with Gasteiger partial charge in [-0.2, -0.15) is 4.31 Å². The number of methoxy groups -OCH3 is 1. The third kappa shape index (κ3) is 2.77. The van der Waals surface area contributed by atoms with E-state index in [-0.39, 0.29) is 10.9 Å². The molecule has 19 heavy (non-hydrogen) atoms. The Kier molecular flexibility index (Phi) is 4.16. The second kappa shape index (κ2) is 5.51. The van der Waals surface area contributed by atoms with Gasteiger partial charge in [-0.3, -0.25) is 0 Å². The van der Waals surface area contributed by atoms with E-state index in [9.17, 15) is 8.42 Å². The summed E-state index contributed by atoms with van der Waals surface area (Å²) in [5.41, 5.74) is 0.920. The zero-order chi connectivity index (χ0) is 14.0. The van der Waals surface area contributed by atoms with Crippen molar-refractivity contribution in [2.45, 2.75) is 44.0 Å². The first kappa shape index (κ1) is 14.3. The molecule has 1 heterocycles. The summed E-state index contributed by atoms with van der Waals surface area (Å²) in [4.78, 5) is 0.281. The van der Waals surface area contributed by atoms with E-state index in [0.717, 1.165) is 24.8 Å². The predicted octanol–water partition coefficient (Wildman–Crippen LogP) is 2.57. The monoisotopic (exact) mass is 283 g/mol. The maximum absolute atomic E-state index is 12.8. The Labute approximate surface area is 115 Å². The maximum atomic E-state index is 12.8. The van der Waals surface area contributed by atoms with E-state index in [0.29, 0.717) is 12.3 Å². The lowest BCUT2D eigenvalue weighted by molar-refractivity contribution is 0.267. The number of sulfonamides is 1. The van der Waals surface area contributed by atoms with Gasteiger partial charge in [0.1, 0.15) is 10.6 Å². The Morgan fingerprint density at radius 1 is 1.32 bits per heavy atom. The molecule has 0 saturated carbocycles. The molecule has 1 aliphatic rings. The quantitative estimate of drug-likeness (QED) is 0.856. The smallest absolute Gasteiger partial charge is 0.247 e. The van der Waals surface area contributed by atoms with Crippen LogP contribution in [0, 0.1) is 6.92 Å². The van der Waals surface area contributed by atoms with Gasteiger partial charge in [0.05, 0.1) is 7.11 Å². The minimum Gasteiger partial charge on any atom is -0.495 e. The fourth-order valence-electron chi connectivity index (χ4n) is 2.54. The molecular formula is C14H21NO3S. The molecule has 0 N–H and O–H groups in total. The fourth-order valence-corrected chi connectivity index (χ4v) is 4.48. The van der Waals surface area contributed by atoms with E-state index in [4.69, 9.17) is 4.74 Å². The van der Waals surface area contributed by atoms with Crippen molar-refractivity contribution in [3.8, 4) is 5.75 Å². The summed E-state index contributed by atoms with van der Waals surface area (Å²) >= 11 is 0. The van der Waals surface area contributed by atoms with Crippen molar-refractivity contribution >= 4 is 10.0 Å². The van der Waals surface area contributed by atoms with E-state index in [1.54, 1.807) is 16.4 Å². The Balaban J connectivity index is 2.46. The lowest BCUT2D eigenvalue weighted by Crippen LogP contribution is -2.42. The van der Waals surface area contributed by atoms with Crippen LogP contribution in [-0.2, 0) is 10.0 Å². The van der Waals surface area contributed by atoms with Crippen molar-refractivity contribution in [2.24, 2.45) is 0 Å². The van der Waals surface area contributed by atoms with E-state index in [1.807, 2.05) is 19.9 Å². The third-order valence-corrected chi connectivity index (χ3v) is 5.68. The van der Waals surface area contributed by atoms with Crippen LogP contribution in [0.3, 0.4) is 0 Å². The number of ether oxygens (including phenoxy) is 1. The lowest BCUT2D eigenvalue weighted by Gasteiger charge is -2.32. The van der Waals surface area contributed by atoms with Gasteiger partial charge in [-0.1, -0.05) is 12.5 Å². The van der Waals surface area contributed by atoms with Crippen LogP contribution in [0.4, 0.5) is 0 Å². The summed E-state index contributed by atoms with van der Waals surface area (Å²) in [5.74, 6) is 0.420. The molecule has 2 rings (SSSR count). The van der Waals surface area contributed by atoms with Crippen LogP contribution < -0.4 is 4.74 Å². The minimum absolute atomic E-state index is 0.0592. The number of piperidine rings is 1. The topological polar surface area (TPSA) is 46.6 Å². The molecular weight excluding hydrogens is 262 g/mol. The highest BCUT2D eigenvalue weighted by atomic mass is 32.2. The summed E-state index contributed by atoms with van der Waals surface area (Å²) in [7, 11) is -1.96. The Morgan fingerprint density at radius 2 is 2.05 bits per heavy atom. The molecule has 0 bridgehead atoms. The van der Waals surface area contributed by atoms with Gasteiger partial charge < -0.3 is 4.74 Å². The van der Waals surface area contributed by atoms with Crippen molar-refractivity contribution in [3.05, 3.63) is 23.8 Å². The average Bonchev–Trinajstić information content (AvgIpc) is 2.39. The molecule has 0 amide bonds. The van der Waals surface area contributed by atoms with Gasteiger partial charge in [0.2, 0.25) is 10.0 Å². The lowest BCUT2D eigenvalue weighted by atomic mass is 10.1. The van der Waals surface area contributed by atoms with Crippen molar-refractivity contribution in [1.29, 1.82) is 0 Å². The SMILES string of the molecule is COc1ccc(C)cc1S(=O)(=O)N1CCCCC1C. The molecule has 1 fully saturated rings. The van der Waals surface area contributed by atoms with Crippen LogP contribution in [0.2, 0.25) is 0 Å². The molecule has 1 aromatic carbocycles. The van der Waals surface area contributed by atoms with Crippen molar-refractivity contribution < 1.29 is 13.2 Å². The number of aryl methyl sites for hydroxylation is 1. The molecule has 1 saturated heterocycles. The summed E-state index contributed by atoms with van der Waals surface area (Å²) in [6.45, 7) is 4.46. The number of benzene rings is 1. The normalized spacial score (nSPS) is 21.3. The Bertz CT molecular complexity index is 554. The molecule has 1 atom stereocenters. The summed E-state index contributed by atoms with van der Waals surface area (Å²) in [6.07, 6.45) is 2.95. The molecule has 0 spiro atoms. The van der Waals surface area contributed by atoms with Gasteiger partial charge in [0, 0.05) is 12.6 Å². The molecule has 1 aromatic rings. The zero-order valence-electron chi connectivity index (χ0n) is 11.7. The second-order valence-electron chi connectivity index (χ2n) is 5.11. The summed E-state index contributed by atoms with van der Waals surface area (Å²) in [5, 5.41) is 0. The predicted molar refractivity (Wildman–Crippen MR) is 74.9 cm³/mol. The highest BCUT2D eigenvalue weighted by molar-refractivity contribution is 7.89. The van der Waals surface area contributed by atoms with Gasteiger partial charge >= 0.3 is 0 Å². The fraction of sp³-hybridized carbons (Fsp3) is 0.571. The Morgan fingerprint density at radius 3 is 2.68 bits per heavy atom. The van der Waals surface area contributed by atoms with E-state index in [1.165, 1.54) is 7.11 Å². The Hall–Kier alpha value is -1.07. The first-order valence-electron chi connectivity index (χ1n) is 6.63. The maximum Gasteiger partial charge on any atom is 0.247 e. The van der Waals surface area contributed by atoms with Crippen LogP contribution in [0.25, 0.3) is 0 Å². The van der Waals surface area contributed by atoms with Gasteiger partial charge in [0.15, 0.2) is 0 Å².